The highest BCUT2D eigenvalue weighted by Gasteiger charge is 2.24. The Morgan fingerprint density at radius 1 is 0.889 bits per heavy atom. The minimum Gasteiger partial charge on any atom is -0.425 e. The molecule has 0 saturated heterocycles. The summed E-state index contributed by atoms with van der Waals surface area (Å²) in [5.41, 5.74) is 0. The van der Waals surface area contributed by atoms with E-state index in [0.29, 0.717) is 27.3 Å². The van der Waals surface area contributed by atoms with Crippen LogP contribution in [0, 0.1) is 0 Å². The van der Waals surface area contributed by atoms with Crippen molar-refractivity contribution in [1.82, 2.24) is 0 Å². The quantitative estimate of drug-likeness (QED) is 0.278. The number of hydrogen-bond acceptors (Lipinski definition) is 6. The van der Waals surface area contributed by atoms with Crippen LogP contribution in [0.1, 0.15) is 40.5 Å². The maximum atomic E-state index is 11.8. The van der Waals surface area contributed by atoms with Crippen LogP contribution < -0.4 is 9.47 Å². The molecule has 7 heteroatoms. The molecule has 0 radical (unpaired) electrons. The molecule has 0 fully saturated rings. The number of carbonyl (C=O) groups excluding carboxylic acids is 2. The van der Waals surface area contributed by atoms with E-state index in [2.05, 4.69) is 13.8 Å². The Bertz CT molecular complexity index is 852. The number of ether oxygens (including phenoxy) is 2. The molecule has 27 heavy (non-hydrogen) atoms. The maximum Gasteiger partial charge on any atom is 0.308 e. The van der Waals surface area contributed by atoms with Gasteiger partial charge < -0.3 is 9.47 Å². The number of halogens is 1. The second kappa shape index (κ2) is 10.2. The van der Waals surface area contributed by atoms with Crippen LogP contribution in [0.25, 0.3) is 10.8 Å². The zero-order valence-corrected chi connectivity index (χ0v) is 18.3. The molecule has 4 nitrogen and oxygen atoms in total. The molecule has 2 aromatic rings. The van der Waals surface area contributed by atoms with E-state index in [1.165, 1.54) is 13.8 Å². The number of rotatable bonds is 8. The summed E-state index contributed by atoms with van der Waals surface area (Å²) >= 11 is 9.40. The highest BCUT2D eigenvalue weighted by Crippen LogP contribution is 2.50. The summed E-state index contributed by atoms with van der Waals surface area (Å²) in [5, 5.41) is 1.88. The van der Waals surface area contributed by atoms with Crippen LogP contribution in [0.2, 0.25) is 5.02 Å². The number of esters is 2. The molecule has 146 valence electrons. The van der Waals surface area contributed by atoms with Crippen molar-refractivity contribution in [3.63, 3.8) is 0 Å². The molecular formula is C20H23ClO4S2. The van der Waals surface area contributed by atoms with Crippen molar-refractivity contribution < 1.29 is 19.1 Å². The molecule has 0 atom stereocenters. The lowest BCUT2D eigenvalue weighted by atomic mass is 10.1. The maximum absolute atomic E-state index is 11.8. The summed E-state index contributed by atoms with van der Waals surface area (Å²) in [5.74, 6) is 1.89. The molecular weight excluding hydrogens is 404 g/mol. The van der Waals surface area contributed by atoms with Crippen molar-refractivity contribution in [3.8, 4) is 11.5 Å². The first kappa shape index (κ1) is 21.9. The Balaban J connectivity index is 2.88. The Labute approximate surface area is 173 Å². The fourth-order valence-electron chi connectivity index (χ4n) is 2.51. The first-order valence-electron chi connectivity index (χ1n) is 8.80. The Hall–Kier alpha value is -1.37. The van der Waals surface area contributed by atoms with E-state index in [0.717, 1.165) is 34.1 Å². The lowest BCUT2D eigenvalue weighted by Crippen LogP contribution is -2.08. The van der Waals surface area contributed by atoms with Crippen LogP contribution in [0.3, 0.4) is 0 Å². The number of benzene rings is 2. The van der Waals surface area contributed by atoms with E-state index in [4.69, 9.17) is 21.1 Å². The molecule has 0 aliphatic heterocycles. The van der Waals surface area contributed by atoms with Crippen LogP contribution >= 0.6 is 35.1 Å². The van der Waals surface area contributed by atoms with Crippen molar-refractivity contribution in [2.75, 3.05) is 11.5 Å². The molecule has 2 rings (SSSR count). The van der Waals surface area contributed by atoms with Gasteiger partial charge in [-0.15, -0.1) is 23.5 Å². The number of fused-ring (bicyclic) bond motifs is 1. The molecule has 2 aromatic carbocycles. The van der Waals surface area contributed by atoms with E-state index in [-0.39, 0.29) is 0 Å². The van der Waals surface area contributed by atoms with Gasteiger partial charge in [0.1, 0.15) is 0 Å². The van der Waals surface area contributed by atoms with Gasteiger partial charge in [0.2, 0.25) is 0 Å². The average Bonchev–Trinajstić information content (AvgIpc) is 2.60. The summed E-state index contributed by atoms with van der Waals surface area (Å²) in [6.07, 6.45) is 1.92. The number of carbonyl (C=O) groups is 2. The van der Waals surface area contributed by atoms with Gasteiger partial charge in [0, 0.05) is 29.6 Å². The minimum absolute atomic E-state index is 0.392. The third-order valence-electron chi connectivity index (χ3n) is 3.48. The van der Waals surface area contributed by atoms with Gasteiger partial charge in [0.25, 0.3) is 0 Å². The van der Waals surface area contributed by atoms with Gasteiger partial charge >= 0.3 is 11.9 Å². The Kier molecular flexibility index (Phi) is 8.32. The average molecular weight is 427 g/mol. The minimum atomic E-state index is -0.402. The zero-order chi connectivity index (χ0) is 20.0. The van der Waals surface area contributed by atoms with Gasteiger partial charge in [0.15, 0.2) is 11.5 Å². The van der Waals surface area contributed by atoms with Crippen LogP contribution in [0.5, 0.6) is 11.5 Å². The van der Waals surface area contributed by atoms with Gasteiger partial charge in [-0.3, -0.25) is 9.59 Å². The topological polar surface area (TPSA) is 52.6 Å². The normalized spacial score (nSPS) is 10.9. The second-order valence-electron chi connectivity index (χ2n) is 5.89. The molecule has 0 heterocycles. The first-order chi connectivity index (χ1) is 12.9. The monoisotopic (exact) mass is 426 g/mol. The van der Waals surface area contributed by atoms with E-state index in [1.807, 2.05) is 0 Å². The van der Waals surface area contributed by atoms with Gasteiger partial charge in [0.05, 0.1) is 9.79 Å². The molecule has 0 amide bonds. The molecule has 0 bridgehead atoms. The van der Waals surface area contributed by atoms with Crippen molar-refractivity contribution in [3.05, 3.63) is 23.2 Å². The predicted octanol–water partition coefficient (Wildman–Crippen LogP) is 6.35. The highest BCUT2D eigenvalue weighted by atomic mass is 35.5. The van der Waals surface area contributed by atoms with Crippen molar-refractivity contribution in [2.24, 2.45) is 0 Å². The molecule has 0 N–H and O–H groups in total. The lowest BCUT2D eigenvalue weighted by molar-refractivity contribution is -0.133. The third-order valence-corrected chi connectivity index (χ3v) is 6.43. The summed E-state index contributed by atoms with van der Waals surface area (Å²) < 4.78 is 11.2. The molecule has 0 aliphatic carbocycles. The summed E-state index contributed by atoms with van der Waals surface area (Å²) in [6, 6.07) is 5.28. The van der Waals surface area contributed by atoms with Crippen LogP contribution in [0.4, 0.5) is 0 Å². The Morgan fingerprint density at radius 2 is 1.37 bits per heavy atom. The van der Waals surface area contributed by atoms with Gasteiger partial charge in [-0.25, -0.2) is 0 Å². The fourth-order valence-corrected chi connectivity index (χ4v) is 4.87. The third kappa shape index (κ3) is 5.56. The number of thioether (sulfide) groups is 2. The van der Waals surface area contributed by atoms with E-state index < -0.39 is 11.9 Å². The summed E-state index contributed by atoms with van der Waals surface area (Å²) in [7, 11) is 0. The van der Waals surface area contributed by atoms with Crippen molar-refractivity contribution >= 4 is 57.8 Å². The number of hydrogen-bond donors (Lipinski definition) is 0. The summed E-state index contributed by atoms with van der Waals surface area (Å²) in [6.45, 7) is 6.94. The molecule has 0 spiro atoms. The zero-order valence-electron chi connectivity index (χ0n) is 15.9. The molecule has 0 unspecified atom stereocenters. The van der Waals surface area contributed by atoms with E-state index in [9.17, 15) is 9.59 Å². The van der Waals surface area contributed by atoms with E-state index in [1.54, 1.807) is 41.7 Å². The Morgan fingerprint density at radius 3 is 1.81 bits per heavy atom. The standard InChI is InChI=1S/C20H23ClO4S2/c1-5-9-26-19-17(24-12(3)22)15-8-7-14(21)11-16(15)18(25-13(4)23)20(19)27-10-6-2/h7-8,11H,5-6,9-10H2,1-4H3. The van der Waals surface area contributed by atoms with Gasteiger partial charge in [-0.1, -0.05) is 25.4 Å². The predicted molar refractivity (Wildman–Crippen MR) is 114 cm³/mol. The second-order valence-corrected chi connectivity index (χ2v) is 8.54. The largest absolute Gasteiger partial charge is 0.425 e. The summed E-state index contributed by atoms with van der Waals surface area (Å²) in [4.78, 5) is 25.2. The van der Waals surface area contributed by atoms with Crippen LogP contribution in [-0.4, -0.2) is 23.4 Å². The highest BCUT2D eigenvalue weighted by molar-refractivity contribution is 8.02. The van der Waals surface area contributed by atoms with E-state index >= 15 is 0 Å². The fraction of sp³-hybridized carbons (Fsp3) is 0.400. The van der Waals surface area contributed by atoms with Gasteiger partial charge in [-0.2, -0.15) is 0 Å². The van der Waals surface area contributed by atoms with Crippen LogP contribution in [0.15, 0.2) is 28.0 Å². The van der Waals surface area contributed by atoms with Crippen molar-refractivity contribution in [2.45, 2.75) is 50.3 Å². The SMILES string of the molecule is CCCSc1c(SCCC)c(OC(C)=O)c2cc(Cl)ccc2c1OC(C)=O. The molecule has 0 aromatic heterocycles. The van der Waals surface area contributed by atoms with Crippen LogP contribution in [-0.2, 0) is 9.59 Å². The molecule has 0 saturated carbocycles. The van der Waals surface area contributed by atoms with Crippen molar-refractivity contribution in [1.29, 1.82) is 0 Å². The smallest absolute Gasteiger partial charge is 0.308 e. The van der Waals surface area contributed by atoms with Gasteiger partial charge in [-0.05, 0) is 42.5 Å². The molecule has 0 aliphatic rings. The lowest BCUT2D eigenvalue weighted by Gasteiger charge is -2.20. The first-order valence-corrected chi connectivity index (χ1v) is 11.2.